The van der Waals surface area contributed by atoms with E-state index in [1.165, 1.54) is 11.1 Å². The zero-order valence-corrected chi connectivity index (χ0v) is 15.9. The Morgan fingerprint density at radius 1 is 0.731 bits per heavy atom. The predicted molar refractivity (Wildman–Crippen MR) is 105 cm³/mol. The van der Waals surface area contributed by atoms with E-state index in [1.807, 2.05) is 12.1 Å². The Balaban J connectivity index is 1.51. The number of carbonyl (C=O) groups excluding carboxylic acids is 1. The molecular weight excluding hydrogens is 324 g/mol. The Morgan fingerprint density at radius 2 is 1.12 bits per heavy atom. The minimum absolute atomic E-state index is 0.413. The second kappa shape index (κ2) is 11.3. The summed E-state index contributed by atoms with van der Waals surface area (Å²) in [6.45, 7) is 5.22. The van der Waals surface area contributed by atoms with E-state index in [4.69, 9.17) is 9.47 Å². The van der Waals surface area contributed by atoms with Gasteiger partial charge in [-0.1, -0.05) is 74.5 Å². The molecule has 26 heavy (non-hydrogen) atoms. The van der Waals surface area contributed by atoms with Crippen molar-refractivity contribution in [2.24, 2.45) is 0 Å². The van der Waals surface area contributed by atoms with Crippen LogP contribution in [0.15, 0.2) is 60.7 Å². The standard InChI is InChI=1S/C23H30O3/c1-19(21-13-5-3-6-14-21)11-9-17-25-23(24)26-18-10-12-20(2)22-15-7-4-8-16-22/h3-8,13-16,19-20H,9-12,17-18H2,1-2H3. The Labute approximate surface area is 157 Å². The molecule has 0 aliphatic carbocycles. The maximum Gasteiger partial charge on any atom is 0.508 e. The van der Waals surface area contributed by atoms with Crippen LogP contribution in [0.4, 0.5) is 4.79 Å². The van der Waals surface area contributed by atoms with Crippen molar-refractivity contribution in [1.82, 2.24) is 0 Å². The molecule has 0 aliphatic heterocycles. The minimum Gasteiger partial charge on any atom is -0.434 e. The van der Waals surface area contributed by atoms with Gasteiger partial charge in [-0.2, -0.15) is 0 Å². The summed E-state index contributed by atoms with van der Waals surface area (Å²) in [6.07, 6.45) is 3.12. The highest BCUT2D eigenvalue weighted by molar-refractivity contribution is 5.59. The molecule has 3 nitrogen and oxygen atoms in total. The van der Waals surface area contributed by atoms with Crippen LogP contribution in [-0.4, -0.2) is 19.4 Å². The van der Waals surface area contributed by atoms with Gasteiger partial charge in [0.05, 0.1) is 13.2 Å². The molecule has 0 saturated carbocycles. The van der Waals surface area contributed by atoms with Crippen molar-refractivity contribution in [3.05, 3.63) is 71.8 Å². The fourth-order valence-electron chi connectivity index (χ4n) is 3.03. The first kappa shape index (κ1) is 20.0. The number of rotatable bonds is 10. The highest BCUT2D eigenvalue weighted by atomic mass is 16.7. The molecule has 0 heterocycles. The molecule has 2 aromatic carbocycles. The molecule has 2 atom stereocenters. The zero-order chi connectivity index (χ0) is 18.6. The molecule has 0 amide bonds. The molecule has 0 bridgehead atoms. The third kappa shape index (κ3) is 7.30. The molecule has 0 aromatic heterocycles. The van der Waals surface area contributed by atoms with Crippen LogP contribution in [0.2, 0.25) is 0 Å². The number of hydrogen-bond donors (Lipinski definition) is 0. The molecule has 0 aliphatic rings. The van der Waals surface area contributed by atoms with E-state index in [0.29, 0.717) is 25.0 Å². The van der Waals surface area contributed by atoms with E-state index in [0.717, 1.165) is 25.7 Å². The summed E-state index contributed by atoms with van der Waals surface area (Å²) in [4.78, 5) is 11.6. The Hall–Kier alpha value is -2.29. The third-order valence-electron chi connectivity index (χ3n) is 4.74. The molecule has 0 radical (unpaired) electrons. The first-order valence-electron chi connectivity index (χ1n) is 9.56. The highest BCUT2D eigenvalue weighted by Gasteiger charge is 2.08. The molecule has 140 valence electrons. The molecule has 3 heteroatoms. The minimum atomic E-state index is -0.551. The van der Waals surface area contributed by atoms with Crippen LogP contribution >= 0.6 is 0 Å². The van der Waals surface area contributed by atoms with Gasteiger partial charge >= 0.3 is 6.16 Å². The fraction of sp³-hybridized carbons (Fsp3) is 0.435. The Kier molecular flexibility index (Phi) is 8.74. The van der Waals surface area contributed by atoms with E-state index >= 15 is 0 Å². The van der Waals surface area contributed by atoms with Crippen molar-refractivity contribution in [3.63, 3.8) is 0 Å². The lowest BCUT2D eigenvalue weighted by molar-refractivity contribution is 0.0525. The first-order valence-corrected chi connectivity index (χ1v) is 9.56. The SMILES string of the molecule is CC(CCCOC(=O)OCCCC(C)c1ccccc1)c1ccccc1. The zero-order valence-electron chi connectivity index (χ0n) is 15.9. The molecule has 0 fully saturated rings. The van der Waals surface area contributed by atoms with Crippen LogP contribution in [0, 0.1) is 0 Å². The van der Waals surface area contributed by atoms with Gasteiger partial charge < -0.3 is 9.47 Å². The van der Waals surface area contributed by atoms with Crippen molar-refractivity contribution >= 4 is 6.16 Å². The summed E-state index contributed by atoms with van der Waals surface area (Å²) < 4.78 is 10.3. The largest absolute Gasteiger partial charge is 0.508 e. The van der Waals surface area contributed by atoms with Crippen molar-refractivity contribution < 1.29 is 14.3 Å². The van der Waals surface area contributed by atoms with Gasteiger partial charge in [0.2, 0.25) is 0 Å². The van der Waals surface area contributed by atoms with E-state index in [-0.39, 0.29) is 0 Å². The van der Waals surface area contributed by atoms with Crippen molar-refractivity contribution in [3.8, 4) is 0 Å². The first-order chi connectivity index (χ1) is 12.7. The molecular formula is C23H30O3. The van der Waals surface area contributed by atoms with Crippen molar-refractivity contribution in [2.75, 3.05) is 13.2 Å². The third-order valence-corrected chi connectivity index (χ3v) is 4.74. The summed E-state index contributed by atoms with van der Waals surface area (Å²) in [5, 5.41) is 0. The summed E-state index contributed by atoms with van der Waals surface area (Å²) in [6, 6.07) is 20.8. The maximum absolute atomic E-state index is 11.6. The summed E-state index contributed by atoms with van der Waals surface area (Å²) in [7, 11) is 0. The van der Waals surface area contributed by atoms with Crippen molar-refractivity contribution in [2.45, 2.75) is 51.4 Å². The second-order valence-electron chi connectivity index (χ2n) is 6.85. The van der Waals surface area contributed by atoms with Gasteiger partial charge in [-0.05, 0) is 48.6 Å². The van der Waals surface area contributed by atoms with Gasteiger partial charge in [0.15, 0.2) is 0 Å². The van der Waals surface area contributed by atoms with Gasteiger partial charge in [0, 0.05) is 0 Å². The molecule has 2 unspecified atom stereocenters. The van der Waals surface area contributed by atoms with E-state index in [1.54, 1.807) is 0 Å². The van der Waals surface area contributed by atoms with Gasteiger partial charge in [-0.15, -0.1) is 0 Å². The van der Waals surface area contributed by atoms with Crippen LogP contribution in [0.1, 0.15) is 62.5 Å². The average Bonchev–Trinajstić information content (AvgIpc) is 2.69. The van der Waals surface area contributed by atoms with Crippen LogP contribution in [0.3, 0.4) is 0 Å². The second-order valence-corrected chi connectivity index (χ2v) is 6.85. The van der Waals surface area contributed by atoms with Gasteiger partial charge in [0.1, 0.15) is 0 Å². The van der Waals surface area contributed by atoms with E-state index in [9.17, 15) is 4.79 Å². The molecule has 0 N–H and O–H groups in total. The topological polar surface area (TPSA) is 35.5 Å². The molecule has 2 rings (SSSR count). The van der Waals surface area contributed by atoms with Crippen LogP contribution < -0.4 is 0 Å². The Bertz CT molecular complexity index is 569. The lowest BCUT2D eigenvalue weighted by atomic mass is 9.97. The van der Waals surface area contributed by atoms with Crippen LogP contribution in [0.5, 0.6) is 0 Å². The number of hydrogen-bond acceptors (Lipinski definition) is 3. The molecule has 0 spiro atoms. The van der Waals surface area contributed by atoms with E-state index < -0.39 is 6.16 Å². The average molecular weight is 354 g/mol. The number of carbonyl (C=O) groups is 1. The lowest BCUT2D eigenvalue weighted by Crippen LogP contribution is -2.10. The normalized spacial score (nSPS) is 13.0. The highest BCUT2D eigenvalue weighted by Crippen LogP contribution is 2.21. The summed E-state index contributed by atoms with van der Waals surface area (Å²) in [5.41, 5.74) is 2.64. The molecule has 2 aromatic rings. The fourth-order valence-corrected chi connectivity index (χ4v) is 3.03. The quantitative estimate of drug-likeness (QED) is 0.370. The summed E-state index contributed by atoms with van der Waals surface area (Å²) in [5.74, 6) is 0.936. The van der Waals surface area contributed by atoms with Gasteiger partial charge in [-0.25, -0.2) is 4.79 Å². The smallest absolute Gasteiger partial charge is 0.434 e. The predicted octanol–water partition coefficient (Wildman–Crippen LogP) is 6.31. The Morgan fingerprint density at radius 3 is 1.50 bits per heavy atom. The summed E-state index contributed by atoms with van der Waals surface area (Å²) >= 11 is 0. The molecule has 0 saturated heterocycles. The monoisotopic (exact) mass is 354 g/mol. The van der Waals surface area contributed by atoms with Gasteiger partial charge in [-0.3, -0.25) is 0 Å². The van der Waals surface area contributed by atoms with Crippen molar-refractivity contribution in [1.29, 1.82) is 0 Å². The maximum atomic E-state index is 11.6. The van der Waals surface area contributed by atoms with Crippen LogP contribution in [0.25, 0.3) is 0 Å². The lowest BCUT2D eigenvalue weighted by Gasteiger charge is -2.13. The van der Waals surface area contributed by atoms with Crippen LogP contribution in [-0.2, 0) is 9.47 Å². The van der Waals surface area contributed by atoms with E-state index in [2.05, 4.69) is 62.4 Å². The number of ether oxygens (including phenoxy) is 2. The van der Waals surface area contributed by atoms with Gasteiger partial charge in [0.25, 0.3) is 0 Å². The number of benzene rings is 2.